The number of hydrogen-bond acceptors (Lipinski definition) is 5. The van der Waals surface area contributed by atoms with Crippen molar-refractivity contribution in [2.45, 2.75) is 6.10 Å². The second-order valence-electron chi connectivity index (χ2n) is 2.18. The third-order valence-corrected chi connectivity index (χ3v) is 1.41. The molecule has 2 rings (SSSR count). The lowest BCUT2D eigenvalue weighted by atomic mass is 10.3. The summed E-state index contributed by atoms with van der Waals surface area (Å²) < 4.78 is 9.73. The maximum absolute atomic E-state index is 9.48. The van der Waals surface area contributed by atoms with Gasteiger partial charge in [-0.15, -0.1) is 0 Å². The lowest BCUT2D eigenvalue weighted by Gasteiger charge is -1.99. The van der Waals surface area contributed by atoms with E-state index in [0.717, 1.165) is 0 Å². The Morgan fingerprint density at radius 2 is 2.33 bits per heavy atom. The van der Waals surface area contributed by atoms with Gasteiger partial charge in [-0.05, 0) is 0 Å². The zero-order valence-corrected chi connectivity index (χ0v) is 6.04. The van der Waals surface area contributed by atoms with Gasteiger partial charge in [0.05, 0.1) is 12.4 Å². The highest BCUT2D eigenvalue weighted by Gasteiger charge is 2.17. The molecule has 0 fully saturated rings. The third-order valence-electron chi connectivity index (χ3n) is 1.41. The maximum Gasteiger partial charge on any atom is 0.230 e. The van der Waals surface area contributed by atoms with Gasteiger partial charge in [-0.1, -0.05) is 0 Å². The first-order valence-corrected chi connectivity index (χ1v) is 3.34. The van der Waals surface area contributed by atoms with Crippen LogP contribution in [0, 0.1) is 0 Å². The number of aliphatic hydroxyl groups is 1. The molecule has 0 saturated heterocycles. The number of aliphatic hydroxyl groups excluding tert-OH is 1. The average molecular weight is 166 g/mol. The normalized spacial score (nSPS) is 13.1. The minimum absolute atomic E-state index is 0.201. The summed E-state index contributed by atoms with van der Waals surface area (Å²) in [6.07, 6.45) is 4.52. The molecule has 1 unspecified atom stereocenters. The molecule has 1 atom stereocenters. The fraction of sp³-hybridized carbons (Fsp3) is 0.143. The highest BCUT2D eigenvalue weighted by atomic mass is 16.4. The molecule has 2 heterocycles. The molecule has 62 valence electrons. The van der Waals surface area contributed by atoms with Crippen LogP contribution in [0.2, 0.25) is 0 Å². The van der Waals surface area contributed by atoms with E-state index in [0.29, 0.717) is 5.76 Å². The molecule has 0 spiro atoms. The van der Waals surface area contributed by atoms with E-state index in [1.807, 2.05) is 0 Å². The molecule has 0 aliphatic heterocycles. The second-order valence-corrected chi connectivity index (χ2v) is 2.18. The first kappa shape index (κ1) is 7.05. The minimum atomic E-state index is -0.970. The van der Waals surface area contributed by atoms with Gasteiger partial charge >= 0.3 is 0 Å². The SMILES string of the molecule is OC(c1cnco1)c1ncco1. The number of oxazole rings is 2. The molecule has 5 nitrogen and oxygen atoms in total. The zero-order chi connectivity index (χ0) is 8.39. The molecule has 0 aromatic carbocycles. The van der Waals surface area contributed by atoms with Crippen molar-refractivity contribution in [2.75, 3.05) is 0 Å². The average Bonchev–Trinajstić information content (AvgIpc) is 2.77. The van der Waals surface area contributed by atoms with E-state index in [9.17, 15) is 5.11 Å². The first-order chi connectivity index (χ1) is 5.88. The van der Waals surface area contributed by atoms with E-state index in [4.69, 9.17) is 8.83 Å². The van der Waals surface area contributed by atoms with E-state index in [-0.39, 0.29) is 5.89 Å². The lowest BCUT2D eigenvalue weighted by molar-refractivity contribution is 0.156. The largest absolute Gasteiger partial charge is 0.446 e. The van der Waals surface area contributed by atoms with E-state index in [1.54, 1.807) is 0 Å². The van der Waals surface area contributed by atoms with Crippen molar-refractivity contribution in [1.82, 2.24) is 9.97 Å². The van der Waals surface area contributed by atoms with Crippen LogP contribution >= 0.6 is 0 Å². The van der Waals surface area contributed by atoms with Crippen molar-refractivity contribution in [3.8, 4) is 0 Å². The Hall–Kier alpha value is -1.62. The molecular weight excluding hydrogens is 160 g/mol. The minimum Gasteiger partial charge on any atom is -0.446 e. The quantitative estimate of drug-likeness (QED) is 0.712. The van der Waals surface area contributed by atoms with Crippen LogP contribution in [0.5, 0.6) is 0 Å². The standard InChI is InChI=1S/C7H6N2O3/c10-6(5-3-8-4-12-5)7-9-1-2-11-7/h1-4,6,10H. The summed E-state index contributed by atoms with van der Waals surface area (Å²) in [6, 6.07) is 0. The summed E-state index contributed by atoms with van der Waals surface area (Å²) in [5, 5.41) is 9.48. The Morgan fingerprint density at radius 3 is 2.92 bits per heavy atom. The maximum atomic E-state index is 9.48. The van der Waals surface area contributed by atoms with E-state index in [2.05, 4.69) is 9.97 Å². The Labute approximate surface area is 67.7 Å². The molecule has 12 heavy (non-hydrogen) atoms. The molecule has 1 N–H and O–H groups in total. The van der Waals surface area contributed by atoms with Crippen LogP contribution < -0.4 is 0 Å². The van der Waals surface area contributed by atoms with Gasteiger partial charge in [-0.25, -0.2) is 9.97 Å². The number of hydrogen-bond donors (Lipinski definition) is 1. The molecule has 0 radical (unpaired) electrons. The highest BCUT2D eigenvalue weighted by Crippen LogP contribution is 2.18. The summed E-state index contributed by atoms with van der Waals surface area (Å²) in [4.78, 5) is 7.42. The fourth-order valence-corrected chi connectivity index (χ4v) is 0.852. The van der Waals surface area contributed by atoms with Crippen molar-refractivity contribution in [3.05, 3.63) is 36.7 Å². The lowest BCUT2D eigenvalue weighted by Crippen LogP contribution is -1.97. The Balaban J connectivity index is 2.27. The fourth-order valence-electron chi connectivity index (χ4n) is 0.852. The van der Waals surface area contributed by atoms with E-state index in [1.165, 1.54) is 25.1 Å². The summed E-state index contributed by atoms with van der Waals surface area (Å²) in [6.45, 7) is 0. The van der Waals surface area contributed by atoms with Crippen LogP contribution in [0.15, 0.2) is 33.9 Å². The van der Waals surface area contributed by atoms with Crippen LogP contribution in [-0.4, -0.2) is 15.1 Å². The number of rotatable bonds is 2. The molecule has 0 bridgehead atoms. The molecule has 0 saturated carbocycles. The van der Waals surface area contributed by atoms with E-state index >= 15 is 0 Å². The monoisotopic (exact) mass is 166 g/mol. The highest BCUT2D eigenvalue weighted by molar-refractivity contribution is 5.04. The second kappa shape index (κ2) is 2.78. The molecule has 2 aromatic rings. The van der Waals surface area contributed by atoms with Crippen LogP contribution in [0.4, 0.5) is 0 Å². The predicted molar refractivity (Wildman–Crippen MR) is 37.1 cm³/mol. The van der Waals surface area contributed by atoms with Gasteiger partial charge in [-0.3, -0.25) is 0 Å². The number of aromatic nitrogens is 2. The smallest absolute Gasteiger partial charge is 0.230 e. The third kappa shape index (κ3) is 1.10. The Bertz CT molecular complexity index is 293. The summed E-state index contributed by atoms with van der Waals surface area (Å²) in [7, 11) is 0. The van der Waals surface area contributed by atoms with Gasteiger partial charge in [0, 0.05) is 0 Å². The van der Waals surface area contributed by atoms with Gasteiger partial charge in [0.1, 0.15) is 6.26 Å². The molecule has 0 amide bonds. The van der Waals surface area contributed by atoms with Crippen LogP contribution in [0.25, 0.3) is 0 Å². The van der Waals surface area contributed by atoms with Gasteiger partial charge in [0.15, 0.2) is 18.3 Å². The molecular formula is C7H6N2O3. The summed E-state index contributed by atoms with van der Waals surface area (Å²) >= 11 is 0. The van der Waals surface area contributed by atoms with E-state index < -0.39 is 6.10 Å². The summed E-state index contributed by atoms with van der Waals surface area (Å²) in [5.41, 5.74) is 0. The van der Waals surface area contributed by atoms with Gasteiger partial charge in [-0.2, -0.15) is 0 Å². The molecule has 0 aliphatic carbocycles. The number of nitrogens with zero attached hydrogens (tertiary/aromatic N) is 2. The van der Waals surface area contributed by atoms with Crippen LogP contribution in [0.1, 0.15) is 17.8 Å². The topological polar surface area (TPSA) is 72.3 Å². The van der Waals surface area contributed by atoms with Crippen molar-refractivity contribution in [1.29, 1.82) is 0 Å². The summed E-state index contributed by atoms with van der Waals surface area (Å²) in [5.74, 6) is 0.518. The van der Waals surface area contributed by atoms with Crippen molar-refractivity contribution >= 4 is 0 Å². The van der Waals surface area contributed by atoms with Crippen molar-refractivity contribution < 1.29 is 13.9 Å². The first-order valence-electron chi connectivity index (χ1n) is 3.34. The molecule has 0 aliphatic rings. The van der Waals surface area contributed by atoms with Gasteiger partial charge in [0.25, 0.3) is 0 Å². The predicted octanol–water partition coefficient (Wildman–Crippen LogP) is 0.744. The zero-order valence-electron chi connectivity index (χ0n) is 6.04. The van der Waals surface area contributed by atoms with Crippen molar-refractivity contribution in [3.63, 3.8) is 0 Å². The molecule has 5 heteroatoms. The van der Waals surface area contributed by atoms with Crippen molar-refractivity contribution in [2.24, 2.45) is 0 Å². The van der Waals surface area contributed by atoms with Crippen LogP contribution in [-0.2, 0) is 0 Å². The Morgan fingerprint density at radius 1 is 1.42 bits per heavy atom. The Kier molecular flexibility index (Phi) is 1.64. The molecule has 2 aromatic heterocycles. The van der Waals surface area contributed by atoms with Crippen LogP contribution in [0.3, 0.4) is 0 Å². The van der Waals surface area contributed by atoms with Gasteiger partial charge < -0.3 is 13.9 Å². The van der Waals surface area contributed by atoms with Gasteiger partial charge in [0.2, 0.25) is 5.89 Å².